The first-order valence-electron chi connectivity index (χ1n) is 7.80. The third kappa shape index (κ3) is 3.01. The van der Waals surface area contributed by atoms with Crippen molar-refractivity contribution in [3.05, 3.63) is 50.9 Å². The van der Waals surface area contributed by atoms with Gasteiger partial charge in [0.2, 0.25) is 0 Å². The van der Waals surface area contributed by atoms with E-state index in [0.717, 1.165) is 23.3 Å². The number of nitrogens with two attached hydrogens (primary N) is 1. The Labute approximate surface area is 139 Å². The molecule has 0 bridgehead atoms. The van der Waals surface area contributed by atoms with Gasteiger partial charge >= 0.3 is 0 Å². The second-order valence-electron chi connectivity index (χ2n) is 6.00. The normalized spacial score (nSPS) is 13.5. The summed E-state index contributed by atoms with van der Waals surface area (Å²) in [7, 11) is 0. The van der Waals surface area contributed by atoms with Gasteiger partial charge in [-0.05, 0) is 68.4 Å². The van der Waals surface area contributed by atoms with Gasteiger partial charge in [-0.2, -0.15) is 0 Å². The quantitative estimate of drug-likeness (QED) is 0.903. The number of aryl methyl sites for hydroxylation is 3. The minimum atomic E-state index is -0.507. The molecule has 0 saturated carbocycles. The highest BCUT2D eigenvalue weighted by Gasteiger charge is 2.20. The van der Waals surface area contributed by atoms with Crippen LogP contribution in [0, 0.1) is 13.8 Å². The average Bonchev–Trinajstić information content (AvgIpc) is 2.81. The minimum absolute atomic E-state index is 0.192. The van der Waals surface area contributed by atoms with E-state index in [4.69, 9.17) is 5.73 Å². The van der Waals surface area contributed by atoms with Crippen LogP contribution in [0.2, 0.25) is 0 Å². The number of nitrogens with one attached hydrogen (secondary N) is 1. The maximum atomic E-state index is 12.5. The summed E-state index contributed by atoms with van der Waals surface area (Å²) < 4.78 is 0. The topological polar surface area (TPSA) is 72.2 Å². The lowest BCUT2D eigenvalue weighted by Crippen LogP contribution is -2.18. The average molecular weight is 328 g/mol. The van der Waals surface area contributed by atoms with Crippen LogP contribution in [0.1, 0.15) is 55.1 Å². The lowest BCUT2D eigenvalue weighted by atomic mass is 9.90. The molecule has 1 aliphatic rings. The molecule has 1 aromatic carbocycles. The number of rotatable bonds is 3. The highest BCUT2D eigenvalue weighted by molar-refractivity contribution is 7.16. The van der Waals surface area contributed by atoms with Crippen LogP contribution in [0.25, 0.3) is 0 Å². The molecule has 0 saturated heterocycles. The van der Waals surface area contributed by atoms with E-state index in [-0.39, 0.29) is 5.91 Å². The van der Waals surface area contributed by atoms with Crippen molar-refractivity contribution in [2.75, 3.05) is 5.32 Å². The van der Waals surface area contributed by atoms with Crippen molar-refractivity contribution in [2.24, 2.45) is 5.73 Å². The van der Waals surface area contributed by atoms with Gasteiger partial charge in [-0.15, -0.1) is 11.3 Å². The summed E-state index contributed by atoms with van der Waals surface area (Å²) in [6.45, 7) is 3.77. The number of carbonyl (C=O) groups is 2. The lowest BCUT2D eigenvalue weighted by molar-refractivity contribution is 0.100. The minimum Gasteiger partial charge on any atom is -0.365 e. The molecule has 4 nitrogen and oxygen atoms in total. The van der Waals surface area contributed by atoms with E-state index in [1.54, 1.807) is 0 Å². The van der Waals surface area contributed by atoms with E-state index in [0.29, 0.717) is 16.1 Å². The second kappa shape index (κ2) is 6.16. The van der Waals surface area contributed by atoms with Gasteiger partial charge in [-0.25, -0.2) is 0 Å². The van der Waals surface area contributed by atoms with Gasteiger partial charge < -0.3 is 11.1 Å². The molecule has 3 rings (SSSR count). The van der Waals surface area contributed by atoms with Crippen molar-refractivity contribution in [3.63, 3.8) is 0 Å². The summed E-state index contributed by atoms with van der Waals surface area (Å²) in [5, 5.41) is 3.39. The van der Waals surface area contributed by atoms with Gasteiger partial charge in [0.05, 0.1) is 5.56 Å². The van der Waals surface area contributed by atoms with Gasteiger partial charge in [-0.3, -0.25) is 9.59 Å². The first-order valence-corrected chi connectivity index (χ1v) is 8.62. The van der Waals surface area contributed by atoms with Crippen molar-refractivity contribution in [3.8, 4) is 0 Å². The van der Waals surface area contributed by atoms with E-state index >= 15 is 0 Å². The number of hydrogen-bond acceptors (Lipinski definition) is 3. The molecular weight excluding hydrogens is 308 g/mol. The van der Waals surface area contributed by atoms with Gasteiger partial charge in [0.25, 0.3) is 11.8 Å². The van der Waals surface area contributed by atoms with E-state index in [1.165, 1.54) is 35.3 Å². The van der Waals surface area contributed by atoms with Crippen LogP contribution < -0.4 is 11.1 Å². The fraction of sp³-hybridized carbons (Fsp3) is 0.333. The van der Waals surface area contributed by atoms with Crippen molar-refractivity contribution < 1.29 is 9.59 Å². The maximum Gasteiger partial charge on any atom is 0.256 e. The monoisotopic (exact) mass is 328 g/mol. The van der Waals surface area contributed by atoms with Crippen molar-refractivity contribution >= 4 is 28.2 Å². The number of hydrogen-bond donors (Lipinski definition) is 2. The van der Waals surface area contributed by atoms with Crippen molar-refractivity contribution in [1.29, 1.82) is 0 Å². The molecule has 5 heteroatoms. The summed E-state index contributed by atoms with van der Waals surface area (Å²) in [5.74, 6) is -0.699. The smallest absolute Gasteiger partial charge is 0.256 e. The maximum absolute atomic E-state index is 12.5. The molecule has 2 aromatic rings. The molecule has 0 radical (unpaired) electrons. The van der Waals surface area contributed by atoms with Crippen LogP contribution in [-0.4, -0.2) is 11.8 Å². The van der Waals surface area contributed by atoms with Gasteiger partial charge in [-0.1, -0.05) is 6.07 Å². The van der Waals surface area contributed by atoms with E-state index in [9.17, 15) is 9.59 Å². The Kier molecular flexibility index (Phi) is 4.22. The van der Waals surface area contributed by atoms with E-state index in [2.05, 4.69) is 5.32 Å². The van der Waals surface area contributed by atoms with Crippen LogP contribution in [0.5, 0.6) is 0 Å². The second-order valence-corrected chi connectivity index (χ2v) is 7.22. The first-order chi connectivity index (χ1) is 11.0. The molecular formula is C18H20N2O2S. The Morgan fingerprint density at radius 1 is 1.13 bits per heavy atom. The predicted molar refractivity (Wildman–Crippen MR) is 93.3 cm³/mol. The van der Waals surface area contributed by atoms with Gasteiger partial charge in [0.1, 0.15) is 5.00 Å². The molecule has 0 fully saturated rings. The highest BCUT2D eigenvalue weighted by atomic mass is 32.1. The third-order valence-electron chi connectivity index (χ3n) is 4.47. The van der Waals surface area contributed by atoms with Gasteiger partial charge in [0.15, 0.2) is 0 Å². The zero-order valence-corrected chi connectivity index (χ0v) is 14.2. The number of thiophene rings is 1. The number of carbonyl (C=O) groups excluding carboxylic acids is 2. The van der Waals surface area contributed by atoms with Crippen LogP contribution in [0.4, 0.5) is 5.00 Å². The molecule has 0 spiro atoms. The molecule has 0 aliphatic heterocycles. The molecule has 0 atom stereocenters. The first kappa shape index (κ1) is 15.7. The Morgan fingerprint density at radius 3 is 2.52 bits per heavy atom. The molecule has 0 unspecified atom stereocenters. The molecule has 1 aliphatic carbocycles. The molecule has 1 aromatic heterocycles. The number of benzene rings is 1. The largest absolute Gasteiger partial charge is 0.365 e. The Bertz CT molecular complexity index is 793. The summed E-state index contributed by atoms with van der Waals surface area (Å²) in [6.07, 6.45) is 4.51. The van der Waals surface area contributed by atoms with Gasteiger partial charge in [0, 0.05) is 10.4 Å². The highest BCUT2D eigenvalue weighted by Crippen LogP contribution is 2.32. The number of amides is 2. The number of fused-ring (bicyclic) bond motifs is 1. The fourth-order valence-corrected chi connectivity index (χ4v) is 4.12. The molecule has 3 N–H and O–H groups in total. The van der Waals surface area contributed by atoms with Crippen LogP contribution in [0.3, 0.4) is 0 Å². The summed E-state index contributed by atoms with van der Waals surface area (Å²) >= 11 is 1.39. The van der Waals surface area contributed by atoms with E-state index in [1.807, 2.05) is 32.0 Å². The number of primary amides is 1. The Hall–Kier alpha value is -2.14. The van der Waals surface area contributed by atoms with Crippen LogP contribution in [-0.2, 0) is 12.8 Å². The van der Waals surface area contributed by atoms with Crippen LogP contribution in [0.15, 0.2) is 18.2 Å². The Balaban J connectivity index is 1.88. The summed E-state index contributed by atoms with van der Waals surface area (Å²) in [6, 6.07) is 5.88. The standard InChI is InChI=1S/C18H20N2O2S/c1-10-11(2)23-18(15(10)16(19)21)20-17(22)14-8-7-12-5-3-4-6-13(12)9-14/h7-9H,3-6H2,1-2H3,(H2,19,21)(H,20,22). The van der Waals surface area contributed by atoms with E-state index < -0.39 is 5.91 Å². The molecule has 23 heavy (non-hydrogen) atoms. The van der Waals surface area contributed by atoms with Crippen molar-refractivity contribution in [2.45, 2.75) is 39.5 Å². The summed E-state index contributed by atoms with van der Waals surface area (Å²) in [4.78, 5) is 25.2. The third-order valence-corrected chi connectivity index (χ3v) is 5.59. The zero-order valence-electron chi connectivity index (χ0n) is 13.4. The zero-order chi connectivity index (χ0) is 16.6. The molecule has 1 heterocycles. The fourth-order valence-electron chi connectivity index (χ4n) is 3.06. The SMILES string of the molecule is Cc1sc(NC(=O)c2ccc3c(c2)CCCC3)c(C(N)=O)c1C. The summed E-state index contributed by atoms with van der Waals surface area (Å²) in [5.41, 5.74) is 9.93. The van der Waals surface area contributed by atoms with Crippen molar-refractivity contribution in [1.82, 2.24) is 0 Å². The Morgan fingerprint density at radius 2 is 1.83 bits per heavy atom. The number of anilines is 1. The molecule has 120 valence electrons. The lowest BCUT2D eigenvalue weighted by Gasteiger charge is -2.16. The predicted octanol–water partition coefficient (Wildman–Crippen LogP) is 3.59. The van der Waals surface area contributed by atoms with Crippen LogP contribution >= 0.6 is 11.3 Å². The molecule has 2 amide bonds.